The van der Waals surface area contributed by atoms with Crippen LogP contribution in [-0.4, -0.2) is 22.4 Å². The van der Waals surface area contributed by atoms with Crippen LogP contribution in [0, 0.1) is 6.92 Å². The van der Waals surface area contributed by atoms with Crippen molar-refractivity contribution in [2.24, 2.45) is 0 Å². The van der Waals surface area contributed by atoms with Crippen LogP contribution in [0.5, 0.6) is 5.19 Å². The van der Waals surface area contributed by atoms with Gasteiger partial charge >= 0.3 is 7.32 Å². The van der Waals surface area contributed by atoms with Crippen LogP contribution in [0.4, 0.5) is 0 Å². The number of rotatable bonds is 2. The average Bonchev–Trinajstić information content (AvgIpc) is 2.13. The Kier molecular flexibility index (Phi) is 2.26. The third-order valence-corrected chi connectivity index (χ3v) is 1.65. The lowest BCUT2D eigenvalue weighted by atomic mass is 10.3. The maximum atomic E-state index is 8.32. The van der Waals surface area contributed by atoms with Crippen molar-refractivity contribution >= 4 is 18.7 Å². The molecule has 0 saturated heterocycles. The topological polar surface area (TPSA) is 62.6 Å². The third-order valence-electron chi connectivity index (χ3n) is 0.804. The Labute approximate surface area is 62.3 Å². The Morgan fingerprint density at radius 3 is 2.80 bits per heavy atom. The van der Waals surface area contributed by atoms with Crippen molar-refractivity contribution in [2.45, 2.75) is 6.92 Å². The van der Waals surface area contributed by atoms with E-state index in [1.807, 2.05) is 0 Å². The van der Waals surface area contributed by atoms with Gasteiger partial charge in [-0.15, -0.1) is 0 Å². The van der Waals surface area contributed by atoms with Crippen molar-refractivity contribution < 1.29 is 14.7 Å². The van der Waals surface area contributed by atoms with Crippen LogP contribution in [0.3, 0.4) is 0 Å². The molecule has 0 spiro atoms. The zero-order chi connectivity index (χ0) is 7.56. The van der Waals surface area contributed by atoms with Gasteiger partial charge in [-0.2, -0.15) is 0 Å². The summed E-state index contributed by atoms with van der Waals surface area (Å²) in [5.74, 6) is 0. The van der Waals surface area contributed by atoms with Crippen molar-refractivity contribution in [2.75, 3.05) is 0 Å². The first-order valence-electron chi connectivity index (χ1n) is 2.63. The number of nitrogens with zero attached hydrogens (tertiary/aromatic N) is 1. The minimum Gasteiger partial charge on any atom is -0.490 e. The fourth-order valence-corrected chi connectivity index (χ4v) is 1.14. The van der Waals surface area contributed by atoms with Crippen LogP contribution in [0.1, 0.15) is 5.69 Å². The average molecular weight is 159 g/mol. The van der Waals surface area contributed by atoms with Gasteiger partial charge in [-0.25, -0.2) is 4.98 Å². The minimum absolute atomic E-state index is 0.271. The number of hydrogen-bond donors (Lipinski definition) is 2. The van der Waals surface area contributed by atoms with Crippen molar-refractivity contribution in [3.05, 3.63) is 11.1 Å². The van der Waals surface area contributed by atoms with Crippen molar-refractivity contribution in [1.82, 2.24) is 4.98 Å². The number of aryl methyl sites for hydroxylation is 1. The molecule has 0 aliphatic heterocycles. The van der Waals surface area contributed by atoms with Gasteiger partial charge in [0.1, 0.15) is 0 Å². The number of hydrogen-bond acceptors (Lipinski definition) is 5. The van der Waals surface area contributed by atoms with E-state index < -0.39 is 7.32 Å². The lowest BCUT2D eigenvalue weighted by Gasteiger charge is -1.96. The summed E-state index contributed by atoms with van der Waals surface area (Å²) < 4.78 is 4.45. The standard InChI is InChI=1S/C4H6BNO3S/c1-3-2-10-4(6-3)9-5(7)8/h2,7-8H,1H3. The van der Waals surface area contributed by atoms with E-state index in [1.54, 1.807) is 12.3 Å². The van der Waals surface area contributed by atoms with Crippen molar-refractivity contribution in [3.63, 3.8) is 0 Å². The Morgan fingerprint density at radius 1 is 1.70 bits per heavy atom. The molecule has 0 aromatic carbocycles. The Morgan fingerprint density at radius 2 is 2.40 bits per heavy atom. The second-order valence-corrected chi connectivity index (χ2v) is 2.52. The molecule has 0 atom stereocenters. The molecule has 54 valence electrons. The molecular weight excluding hydrogens is 153 g/mol. The summed E-state index contributed by atoms with van der Waals surface area (Å²) in [5.41, 5.74) is 0.806. The summed E-state index contributed by atoms with van der Waals surface area (Å²) in [6.07, 6.45) is 0. The summed E-state index contributed by atoms with van der Waals surface area (Å²) in [6.45, 7) is 1.80. The molecule has 0 amide bonds. The highest BCUT2D eigenvalue weighted by molar-refractivity contribution is 7.11. The molecule has 0 aliphatic carbocycles. The molecule has 1 rings (SSSR count). The molecule has 1 aromatic heterocycles. The molecule has 10 heavy (non-hydrogen) atoms. The van der Waals surface area contributed by atoms with Crippen LogP contribution in [0.2, 0.25) is 0 Å². The predicted octanol–water partition coefficient (Wildman–Crippen LogP) is -0.200. The molecule has 1 aromatic rings. The van der Waals surface area contributed by atoms with E-state index in [-0.39, 0.29) is 5.19 Å². The highest BCUT2D eigenvalue weighted by atomic mass is 32.1. The van der Waals surface area contributed by atoms with Gasteiger partial charge in [-0.1, -0.05) is 11.3 Å². The van der Waals surface area contributed by atoms with Crippen LogP contribution < -0.4 is 4.65 Å². The fraction of sp³-hybridized carbons (Fsp3) is 0.250. The minimum atomic E-state index is -1.77. The molecule has 1 heterocycles. The predicted molar refractivity (Wildman–Crippen MR) is 37.7 cm³/mol. The second-order valence-electron chi connectivity index (χ2n) is 1.70. The van der Waals surface area contributed by atoms with Crippen molar-refractivity contribution in [1.29, 1.82) is 0 Å². The monoisotopic (exact) mass is 159 g/mol. The largest absolute Gasteiger partial charge is 0.709 e. The smallest absolute Gasteiger partial charge is 0.490 e. The van der Waals surface area contributed by atoms with E-state index in [1.165, 1.54) is 11.3 Å². The normalized spacial score (nSPS) is 9.50. The van der Waals surface area contributed by atoms with Gasteiger partial charge in [0.05, 0.1) is 5.69 Å². The van der Waals surface area contributed by atoms with E-state index in [2.05, 4.69) is 9.64 Å². The lowest BCUT2D eigenvalue weighted by Crippen LogP contribution is -2.20. The van der Waals surface area contributed by atoms with Gasteiger partial charge in [0.2, 0.25) is 0 Å². The number of aromatic nitrogens is 1. The Balaban J connectivity index is 2.58. The molecule has 6 heteroatoms. The van der Waals surface area contributed by atoms with Gasteiger partial charge < -0.3 is 14.7 Å². The first kappa shape index (κ1) is 7.52. The molecule has 0 bridgehead atoms. The van der Waals surface area contributed by atoms with Gasteiger partial charge in [-0.05, 0) is 6.92 Å². The third kappa shape index (κ3) is 1.98. The fourth-order valence-electron chi connectivity index (χ4n) is 0.477. The molecule has 4 nitrogen and oxygen atoms in total. The SMILES string of the molecule is Cc1csc(OB(O)O)n1. The van der Waals surface area contributed by atoms with Gasteiger partial charge in [-0.3, -0.25) is 0 Å². The van der Waals surface area contributed by atoms with Gasteiger partial charge in [0.15, 0.2) is 0 Å². The summed E-state index contributed by atoms with van der Waals surface area (Å²) >= 11 is 1.22. The maximum absolute atomic E-state index is 8.32. The maximum Gasteiger partial charge on any atom is 0.709 e. The van der Waals surface area contributed by atoms with Gasteiger partial charge in [0.25, 0.3) is 5.19 Å². The van der Waals surface area contributed by atoms with Gasteiger partial charge in [0, 0.05) is 5.38 Å². The Bertz CT molecular complexity index is 214. The zero-order valence-corrected chi connectivity index (χ0v) is 6.13. The summed E-state index contributed by atoms with van der Waals surface area (Å²) in [7, 11) is -1.77. The lowest BCUT2D eigenvalue weighted by molar-refractivity contribution is 0.287. The van der Waals surface area contributed by atoms with Crippen LogP contribution in [0.25, 0.3) is 0 Å². The first-order chi connectivity index (χ1) is 4.68. The van der Waals surface area contributed by atoms with E-state index in [4.69, 9.17) is 10.0 Å². The Hall–Kier alpha value is -0.585. The molecule has 0 fully saturated rings. The molecular formula is C4H6BNO3S. The van der Waals surface area contributed by atoms with E-state index in [0.717, 1.165) is 5.69 Å². The zero-order valence-electron chi connectivity index (χ0n) is 5.31. The van der Waals surface area contributed by atoms with Crippen molar-refractivity contribution in [3.8, 4) is 5.19 Å². The van der Waals surface area contributed by atoms with Crippen LogP contribution >= 0.6 is 11.3 Å². The van der Waals surface area contributed by atoms with E-state index in [0.29, 0.717) is 0 Å². The molecule has 0 radical (unpaired) electrons. The van der Waals surface area contributed by atoms with Crippen LogP contribution in [0.15, 0.2) is 5.38 Å². The highest BCUT2D eigenvalue weighted by Gasteiger charge is 2.12. The highest BCUT2D eigenvalue weighted by Crippen LogP contribution is 2.16. The summed E-state index contributed by atoms with van der Waals surface area (Å²) in [6, 6.07) is 0. The first-order valence-corrected chi connectivity index (χ1v) is 3.51. The molecule has 0 unspecified atom stereocenters. The summed E-state index contributed by atoms with van der Waals surface area (Å²) in [4.78, 5) is 3.83. The summed E-state index contributed by atoms with van der Waals surface area (Å²) in [5, 5.41) is 18.7. The molecule has 0 aliphatic rings. The number of thiazole rings is 1. The van der Waals surface area contributed by atoms with E-state index in [9.17, 15) is 0 Å². The quantitative estimate of drug-likeness (QED) is 0.586. The molecule has 0 saturated carbocycles. The second kappa shape index (κ2) is 3.00. The van der Waals surface area contributed by atoms with E-state index >= 15 is 0 Å². The molecule has 2 N–H and O–H groups in total. The van der Waals surface area contributed by atoms with Crippen LogP contribution in [-0.2, 0) is 0 Å².